The SMILES string of the molecule is CC(C)O[Si](C)(C)CCCCCCCCCCCCCN. The van der Waals surface area contributed by atoms with Gasteiger partial charge in [0, 0.05) is 6.10 Å². The molecule has 0 bridgehead atoms. The summed E-state index contributed by atoms with van der Waals surface area (Å²) in [4.78, 5) is 0. The van der Waals surface area contributed by atoms with Gasteiger partial charge in [-0.25, -0.2) is 0 Å². The Bertz CT molecular complexity index is 219. The summed E-state index contributed by atoms with van der Waals surface area (Å²) in [6, 6.07) is 1.33. The number of rotatable bonds is 15. The van der Waals surface area contributed by atoms with Gasteiger partial charge in [0.05, 0.1) is 0 Å². The van der Waals surface area contributed by atoms with Crippen molar-refractivity contribution < 1.29 is 4.43 Å². The van der Waals surface area contributed by atoms with E-state index in [0.717, 1.165) is 6.54 Å². The first kappa shape index (κ1) is 21.1. The summed E-state index contributed by atoms with van der Waals surface area (Å²) in [5, 5.41) is 0. The molecule has 0 aromatic rings. The van der Waals surface area contributed by atoms with Gasteiger partial charge in [0.25, 0.3) is 0 Å². The molecule has 0 saturated carbocycles. The molecule has 2 N–H and O–H groups in total. The second-order valence-corrected chi connectivity index (χ2v) is 11.6. The maximum atomic E-state index is 6.07. The smallest absolute Gasteiger partial charge is 0.187 e. The standard InChI is InChI=1S/C18H41NOSi/c1-18(2)20-21(3,4)17-15-13-11-9-7-5-6-8-10-12-14-16-19/h18H,5-17,19H2,1-4H3. The van der Waals surface area contributed by atoms with Crippen LogP contribution in [-0.4, -0.2) is 21.0 Å². The topological polar surface area (TPSA) is 35.2 Å². The molecular formula is C18H41NOSi. The van der Waals surface area contributed by atoms with Crippen LogP contribution in [0, 0.1) is 0 Å². The van der Waals surface area contributed by atoms with Crippen molar-refractivity contribution in [1.29, 1.82) is 0 Å². The number of hydrogen-bond acceptors (Lipinski definition) is 2. The van der Waals surface area contributed by atoms with E-state index in [1.807, 2.05) is 0 Å². The van der Waals surface area contributed by atoms with E-state index >= 15 is 0 Å². The minimum Gasteiger partial charge on any atom is -0.415 e. The molecule has 0 fully saturated rings. The van der Waals surface area contributed by atoms with Crippen LogP contribution in [0.5, 0.6) is 0 Å². The maximum Gasteiger partial charge on any atom is 0.187 e. The number of hydrogen-bond donors (Lipinski definition) is 1. The van der Waals surface area contributed by atoms with Crippen molar-refractivity contribution in [3.63, 3.8) is 0 Å². The highest BCUT2D eigenvalue weighted by Gasteiger charge is 2.22. The van der Waals surface area contributed by atoms with Crippen LogP contribution in [0.3, 0.4) is 0 Å². The van der Waals surface area contributed by atoms with Crippen molar-refractivity contribution >= 4 is 8.32 Å². The van der Waals surface area contributed by atoms with Crippen molar-refractivity contribution in [2.24, 2.45) is 5.73 Å². The number of unbranched alkanes of at least 4 members (excludes halogenated alkanes) is 10. The molecule has 2 nitrogen and oxygen atoms in total. The molecule has 0 radical (unpaired) electrons. The molecule has 0 aromatic heterocycles. The summed E-state index contributed by atoms with van der Waals surface area (Å²) in [5.41, 5.74) is 5.49. The Morgan fingerprint density at radius 2 is 1.10 bits per heavy atom. The van der Waals surface area contributed by atoms with Crippen molar-refractivity contribution in [3.8, 4) is 0 Å². The normalized spacial score (nSPS) is 12.3. The zero-order valence-corrected chi connectivity index (χ0v) is 16.3. The van der Waals surface area contributed by atoms with E-state index in [1.54, 1.807) is 0 Å². The Kier molecular flexibility index (Phi) is 13.9. The molecule has 0 heterocycles. The Labute approximate surface area is 135 Å². The van der Waals surface area contributed by atoms with Crippen LogP contribution >= 0.6 is 0 Å². The highest BCUT2D eigenvalue weighted by molar-refractivity contribution is 6.71. The molecule has 0 saturated heterocycles. The molecular weight excluding hydrogens is 274 g/mol. The van der Waals surface area contributed by atoms with Crippen LogP contribution in [0.15, 0.2) is 0 Å². The van der Waals surface area contributed by atoms with E-state index in [-0.39, 0.29) is 0 Å². The fraction of sp³-hybridized carbons (Fsp3) is 1.00. The third kappa shape index (κ3) is 16.3. The van der Waals surface area contributed by atoms with Crippen LogP contribution in [-0.2, 0) is 4.43 Å². The summed E-state index contributed by atoms with van der Waals surface area (Å²) in [6.45, 7) is 9.90. The first-order valence-electron chi connectivity index (χ1n) is 9.36. The van der Waals surface area contributed by atoms with Crippen molar-refractivity contribution in [2.45, 2.75) is 110 Å². The molecule has 0 aliphatic carbocycles. The van der Waals surface area contributed by atoms with E-state index in [0.29, 0.717) is 6.10 Å². The number of nitrogens with two attached hydrogens (primary N) is 1. The van der Waals surface area contributed by atoms with Crippen LogP contribution in [0.2, 0.25) is 19.1 Å². The lowest BCUT2D eigenvalue weighted by atomic mass is 10.1. The lowest BCUT2D eigenvalue weighted by Crippen LogP contribution is -2.33. The van der Waals surface area contributed by atoms with Gasteiger partial charge in [-0.05, 0) is 46.0 Å². The Hall–Kier alpha value is 0.137. The zero-order chi connectivity index (χ0) is 16.0. The third-order valence-electron chi connectivity index (χ3n) is 4.04. The van der Waals surface area contributed by atoms with Gasteiger partial charge in [-0.15, -0.1) is 0 Å². The quantitative estimate of drug-likeness (QED) is 0.303. The average molecular weight is 316 g/mol. The van der Waals surface area contributed by atoms with Gasteiger partial charge in [-0.2, -0.15) is 0 Å². The Morgan fingerprint density at radius 1 is 0.714 bits per heavy atom. The molecule has 0 aliphatic heterocycles. The molecule has 21 heavy (non-hydrogen) atoms. The van der Waals surface area contributed by atoms with E-state index in [9.17, 15) is 0 Å². The van der Waals surface area contributed by atoms with Gasteiger partial charge < -0.3 is 10.2 Å². The largest absolute Gasteiger partial charge is 0.415 e. The Morgan fingerprint density at radius 3 is 1.48 bits per heavy atom. The molecule has 0 spiro atoms. The minimum atomic E-state index is -1.37. The lowest BCUT2D eigenvalue weighted by molar-refractivity contribution is 0.230. The van der Waals surface area contributed by atoms with Gasteiger partial charge in [0.15, 0.2) is 8.32 Å². The first-order valence-corrected chi connectivity index (χ1v) is 12.5. The highest BCUT2D eigenvalue weighted by atomic mass is 28.4. The predicted molar refractivity (Wildman–Crippen MR) is 98.4 cm³/mol. The van der Waals surface area contributed by atoms with Crippen molar-refractivity contribution in [3.05, 3.63) is 0 Å². The maximum absolute atomic E-state index is 6.07. The highest BCUT2D eigenvalue weighted by Crippen LogP contribution is 2.19. The third-order valence-corrected chi connectivity index (χ3v) is 6.70. The zero-order valence-electron chi connectivity index (χ0n) is 15.3. The van der Waals surface area contributed by atoms with Gasteiger partial charge in [0.2, 0.25) is 0 Å². The molecule has 128 valence electrons. The predicted octanol–water partition coefficient (Wildman–Crippen LogP) is 5.87. The first-order chi connectivity index (χ1) is 9.98. The summed E-state index contributed by atoms with van der Waals surface area (Å²) in [6.07, 6.45) is 15.6. The second-order valence-electron chi connectivity index (χ2n) is 7.35. The van der Waals surface area contributed by atoms with Crippen molar-refractivity contribution in [2.75, 3.05) is 6.54 Å². The molecule has 0 aromatic carbocycles. The van der Waals surface area contributed by atoms with Gasteiger partial charge in [-0.3, -0.25) is 0 Å². The molecule has 0 rings (SSSR count). The average Bonchev–Trinajstić information content (AvgIpc) is 2.38. The fourth-order valence-electron chi connectivity index (χ4n) is 2.98. The van der Waals surface area contributed by atoms with E-state index in [2.05, 4.69) is 26.9 Å². The van der Waals surface area contributed by atoms with Crippen LogP contribution in [0.4, 0.5) is 0 Å². The van der Waals surface area contributed by atoms with Gasteiger partial charge in [-0.1, -0.05) is 64.2 Å². The summed E-state index contributed by atoms with van der Waals surface area (Å²) in [5.74, 6) is 0. The fourth-order valence-corrected chi connectivity index (χ4v) is 5.48. The van der Waals surface area contributed by atoms with Crippen LogP contribution in [0.25, 0.3) is 0 Å². The summed E-state index contributed by atoms with van der Waals surface area (Å²) < 4.78 is 6.07. The van der Waals surface area contributed by atoms with E-state index < -0.39 is 8.32 Å². The van der Waals surface area contributed by atoms with Crippen molar-refractivity contribution in [1.82, 2.24) is 0 Å². The molecule has 0 atom stereocenters. The van der Waals surface area contributed by atoms with E-state index in [4.69, 9.17) is 10.2 Å². The molecule has 3 heteroatoms. The summed E-state index contributed by atoms with van der Waals surface area (Å²) in [7, 11) is -1.37. The Balaban J connectivity index is 3.22. The van der Waals surface area contributed by atoms with Crippen LogP contribution < -0.4 is 5.73 Å². The molecule has 0 amide bonds. The summed E-state index contributed by atoms with van der Waals surface area (Å²) >= 11 is 0. The van der Waals surface area contributed by atoms with Crippen LogP contribution in [0.1, 0.15) is 84.5 Å². The van der Waals surface area contributed by atoms with Gasteiger partial charge >= 0.3 is 0 Å². The molecule has 0 aliphatic rings. The second kappa shape index (κ2) is 13.8. The minimum absolute atomic E-state index is 0.400. The lowest BCUT2D eigenvalue weighted by Gasteiger charge is -2.25. The van der Waals surface area contributed by atoms with Gasteiger partial charge in [0.1, 0.15) is 0 Å². The molecule has 0 unspecified atom stereocenters. The van der Waals surface area contributed by atoms with E-state index in [1.165, 1.54) is 76.7 Å². The monoisotopic (exact) mass is 315 g/mol.